The van der Waals surface area contributed by atoms with Gasteiger partial charge in [0.25, 0.3) is 0 Å². The smallest absolute Gasteiger partial charge is 0.128 e. The van der Waals surface area contributed by atoms with Gasteiger partial charge in [-0.2, -0.15) is 0 Å². The van der Waals surface area contributed by atoms with Crippen molar-refractivity contribution in [2.45, 2.75) is 33.2 Å². The summed E-state index contributed by atoms with van der Waals surface area (Å²) >= 11 is 0. The number of benzene rings is 1. The topological polar surface area (TPSA) is 12.0 Å². The number of halogens is 1. The largest absolute Gasteiger partial charge is 0.381 e. The van der Waals surface area contributed by atoms with Crippen molar-refractivity contribution >= 4 is 5.69 Å². The zero-order valence-corrected chi connectivity index (χ0v) is 8.89. The molecule has 1 aliphatic heterocycles. The Bertz CT molecular complexity index is 352. The third kappa shape index (κ3) is 1.49. The molecule has 2 rings (SSSR count). The molecule has 1 aromatic carbocycles. The van der Waals surface area contributed by atoms with Crippen LogP contribution in [0.5, 0.6) is 0 Å². The molecule has 0 bridgehead atoms. The van der Waals surface area contributed by atoms with Crippen molar-refractivity contribution in [3.05, 3.63) is 29.6 Å². The Morgan fingerprint density at radius 3 is 2.64 bits per heavy atom. The SMILES string of the molecule is CC(C)(C)C1Cc2c(F)cccc2N1. The van der Waals surface area contributed by atoms with Crippen LogP contribution in [-0.2, 0) is 6.42 Å². The van der Waals surface area contributed by atoms with Crippen molar-refractivity contribution in [1.82, 2.24) is 0 Å². The first kappa shape index (κ1) is 9.50. The van der Waals surface area contributed by atoms with Gasteiger partial charge < -0.3 is 5.32 Å². The van der Waals surface area contributed by atoms with Crippen LogP contribution in [0.3, 0.4) is 0 Å². The summed E-state index contributed by atoms with van der Waals surface area (Å²) in [7, 11) is 0. The van der Waals surface area contributed by atoms with Crippen molar-refractivity contribution in [3.63, 3.8) is 0 Å². The standard InChI is InChI=1S/C12H16FN/c1-12(2,3)11-7-8-9(13)5-4-6-10(8)14-11/h4-6,11,14H,7H2,1-3H3. The molecule has 1 nitrogen and oxygen atoms in total. The molecule has 1 aliphatic rings. The first-order valence-electron chi connectivity index (χ1n) is 5.02. The number of nitrogens with one attached hydrogen (secondary N) is 1. The summed E-state index contributed by atoms with van der Waals surface area (Å²) in [6.45, 7) is 6.53. The van der Waals surface area contributed by atoms with Crippen LogP contribution in [0.2, 0.25) is 0 Å². The van der Waals surface area contributed by atoms with Gasteiger partial charge in [-0.15, -0.1) is 0 Å². The Kier molecular flexibility index (Phi) is 2.02. The number of fused-ring (bicyclic) bond motifs is 1. The molecule has 1 atom stereocenters. The van der Waals surface area contributed by atoms with Gasteiger partial charge in [-0.05, 0) is 24.0 Å². The second-order valence-corrected chi connectivity index (χ2v) is 5.03. The van der Waals surface area contributed by atoms with Crippen LogP contribution < -0.4 is 5.32 Å². The summed E-state index contributed by atoms with van der Waals surface area (Å²) in [5.74, 6) is -0.0817. The quantitative estimate of drug-likeness (QED) is 0.667. The Balaban J connectivity index is 2.31. The van der Waals surface area contributed by atoms with Crippen LogP contribution in [-0.4, -0.2) is 6.04 Å². The normalized spacial score (nSPS) is 20.4. The molecule has 0 radical (unpaired) electrons. The number of anilines is 1. The molecule has 0 amide bonds. The molecule has 1 aromatic rings. The van der Waals surface area contributed by atoms with Gasteiger partial charge in [0.15, 0.2) is 0 Å². The summed E-state index contributed by atoms with van der Waals surface area (Å²) in [4.78, 5) is 0. The van der Waals surface area contributed by atoms with Crippen molar-refractivity contribution in [2.75, 3.05) is 5.32 Å². The number of rotatable bonds is 0. The lowest BCUT2D eigenvalue weighted by Gasteiger charge is -2.27. The zero-order valence-electron chi connectivity index (χ0n) is 8.89. The molecule has 0 aromatic heterocycles. The van der Waals surface area contributed by atoms with Crippen LogP contribution in [0.15, 0.2) is 18.2 Å². The van der Waals surface area contributed by atoms with E-state index in [0.29, 0.717) is 6.04 Å². The highest BCUT2D eigenvalue weighted by Gasteiger charge is 2.31. The van der Waals surface area contributed by atoms with Gasteiger partial charge in [0.1, 0.15) is 5.82 Å². The molecule has 0 spiro atoms. The van der Waals surface area contributed by atoms with Crippen LogP contribution in [0, 0.1) is 11.2 Å². The van der Waals surface area contributed by atoms with E-state index in [0.717, 1.165) is 17.7 Å². The lowest BCUT2D eigenvalue weighted by Crippen LogP contribution is -2.31. The highest BCUT2D eigenvalue weighted by molar-refractivity contribution is 5.57. The Hall–Kier alpha value is -1.05. The fourth-order valence-corrected chi connectivity index (χ4v) is 1.87. The number of hydrogen-bond donors (Lipinski definition) is 1. The zero-order chi connectivity index (χ0) is 10.3. The highest BCUT2D eigenvalue weighted by atomic mass is 19.1. The fourth-order valence-electron chi connectivity index (χ4n) is 1.87. The number of hydrogen-bond acceptors (Lipinski definition) is 1. The predicted molar refractivity (Wildman–Crippen MR) is 57.0 cm³/mol. The van der Waals surface area contributed by atoms with Crippen LogP contribution in [0.25, 0.3) is 0 Å². The molecular weight excluding hydrogens is 177 g/mol. The van der Waals surface area contributed by atoms with Gasteiger partial charge in [-0.3, -0.25) is 0 Å². The van der Waals surface area contributed by atoms with E-state index in [9.17, 15) is 4.39 Å². The average molecular weight is 193 g/mol. The highest BCUT2D eigenvalue weighted by Crippen LogP contribution is 2.35. The summed E-state index contributed by atoms with van der Waals surface area (Å²) < 4.78 is 13.4. The van der Waals surface area contributed by atoms with Crippen LogP contribution in [0.4, 0.5) is 10.1 Å². The van der Waals surface area contributed by atoms with E-state index in [1.807, 2.05) is 6.07 Å². The molecule has 1 heterocycles. The average Bonchev–Trinajstić information content (AvgIpc) is 2.48. The molecule has 1 N–H and O–H groups in total. The Morgan fingerprint density at radius 1 is 1.36 bits per heavy atom. The van der Waals surface area contributed by atoms with E-state index >= 15 is 0 Å². The summed E-state index contributed by atoms with van der Waals surface area (Å²) in [5, 5.41) is 3.38. The second kappa shape index (κ2) is 2.97. The van der Waals surface area contributed by atoms with E-state index in [-0.39, 0.29) is 11.2 Å². The molecular formula is C12H16FN. The van der Waals surface area contributed by atoms with Crippen molar-refractivity contribution in [3.8, 4) is 0 Å². The van der Waals surface area contributed by atoms with Gasteiger partial charge >= 0.3 is 0 Å². The third-order valence-corrected chi connectivity index (χ3v) is 2.90. The second-order valence-electron chi connectivity index (χ2n) is 5.03. The van der Waals surface area contributed by atoms with Gasteiger partial charge in [0.05, 0.1) is 0 Å². The van der Waals surface area contributed by atoms with Crippen molar-refractivity contribution in [1.29, 1.82) is 0 Å². The predicted octanol–water partition coefficient (Wildman–Crippen LogP) is 3.21. The van der Waals surface area contributed by atoms with Gasteiger partial charge in [-0.1, -0.05) is 26.8 Å². The maximum Gasteiger partial charge on any atom is 0.128 e. The van der Waals surface area contributed by atoms with Crippen molar-refractivity contribution < 1.29 is 4.39 Å². The molecule has 0 saturated carbocycles. The van der Waals surface area contributed by atoms with Crippen molar-refractivity contribution in [2.24, 2.45) is 5.41 Å². The monoisotopic (exact) mass is 193 g/mol. The molecule has 2 heteroatoms. The minimum atomic E-state index is -0.0817. The summed E-state index contributed by atoms with van der Waals surface area (Å²) in [6.07, 6.45) is 0.797. The van der Waals surface area contributed by atoms with E-state index in [4.69, 9.17) is 0 Å². The lowest BCUT2D eigenvalue weighted by atomic mass is 9.85. The molecule has 0 aliphatic carbocycles. The van der Waals surface area contributed by atoms with E-state index in [1.165, 1.54) is 6.07 Å². The summed E-state index contributed by atoms with van der Waals surface area (Å²) in [6, 6.07) is 5.58. The fraction of sp³-hybridized carbons (Fsp3) is 0.500. The molecule has 0 saturated heterocycles. The molecule has 1 unspecified atom stereocenters. The molecule has 76 valence electrons. The Labute approximate surface area is 84.3 Å². The first-order valence-corrected chi connectivity index (χ1v) is 5.02. The van der Waals surface area contributed by atoms with E-state index in [2.05, 4.69) is 26.1 Å². The minimum absolute atomic E-state index is 0.0817. The van der Waals surface area contributed by atoms with E-state index in [1.54, 1.807) is 6.07 Å². The molecule has 14 heavy (non-hydrogen) atoms. The van der Waals surface area contributed by atoms with E-state index < -0.39 is 0 Å². The first-order chi connectivity index (χ1) is 6.48. The summed E-state index contributed by atoms with van der Waals surface area (Å²) in [5.41, 5.74) is 1.98. The third-order valence-electron chi connectivity index (χ3n) is 2.90. The maximum atomic E-state index is 13.4. The van der Waals surface area contributed by atoms with Crippen LogP contribution in [0.1, 0.15) is 26.3 Å². The van der Waals surface area contributed by atoms with Gasteiger partial charge in [0.2, 0.25) is 0 Å². The van der Waals surface area contributed by atoms with Crippen LogP contribution >= 0.6 is 0 Å². The Morgan fingerprint density at radius 2 is 2.07 bits per heavy atom. The lowest BCUT2D eigenvalue weighted by molar-refractivity contribution is 0.346. The van der Waals surface area contributed by atoms with Gasteiger partial charge in [-0.25, -0.2) is 4.39 Å². The van der Waals surface area contributed by atoms with Gasteiger partial charge in [0, 0.05) is 17.3 Å². The minimum Gasteiger partial charge on any atom is -0.381 e. The maximum absolute atomic E-state index is 13.4. The molecule has 0 fully saturated rings.